The van der Waals surface area contributed by atoms with E-state index in [0.29, 0.717) is 5.69 Å². The average molecular weight is 299 g/mol. The summed E-state index contributed by atoms with van der Waals surface area (Å²) in [6, 6.07) is 3.68. The Balaban J connectivity index is 3.01. The van der Waals surface area contributed by atoms with Crippen LogP contribution in [0.1, 0.15) is 25.8 Å². The van der Waals surface area contributed by atoms with E-state index >= 15 is 0 Å². The van der Waals surface area contributed by atoms with Crippen molar-refractivity contribution in [2.45, 2.75) is 38.1 Å². The molecule has 0 bridgehead atoms. The summed E-state index contributed by atoms with van der Waals surface area (Å²) in [5, 5.41) is 7.72. The van der Waals surface area contributed by atoms with Crippen LogP contribution in [0.25, 0.3) is 0 Å². The molecule has 2 atom stereocenters. The second-order valence-electron chi connectivity index (χ2n) is 4.92. The van der Waals surface area contributed by atoms with Gasteiger partial charge in [0.2, 0.25) is 15.9 Å². The molecule has 7 heteroatoms. The van der Waals surface area contributed by atoms with Gasteiger partial charge in [-0.15, -0.1) is 0 Å². The fourth-order valence-electron chi connectivity index (χ4n) is 1.64. The van der Waals surface area contributed by atoms with Crippen molar-refractivity contribution in [2.24, 2.45) is 16.8 Å². The molecule has 0 saturated carbocycles. The number of nitrogens with two attached hydrogens (primary N) is 2. The highest BCUT2D eigenvalue weighted by Crippen LogP contribution is 2.20. The first-order valence-corrected chi connectivity index (χ1v) is 7.91. The van der Waals surface area contributed by atoms with Gasteiger partial charge in [-0.2, -0.15) is 0 Å². The number of hydrogen-bond donors (Lipinski definition) is 3. The van der Waals surface area contributed by atoms with Gasteiger partial charge < -0.3 is 11.1 Å². The molecule has 2 unspecified atom stereocenters. The number of hydrogen-bond acceptors (Lipinski definition) is 4. The third kappa shape index (κ3) is 4.03. The molecule has 0 radical (unpaired) electrons. The summed E-state index contributed by atoms with van der Waals surface area (Å²) in [5.74, 6) is -0.300. The van der Waals surface area contributed by atoms with Crippen molar-refractivity contribution in [3.63, 3.8) is 0 Å². The van der Waals surface area contributed by atoms with Crippen LogP contribution in [0.15, 0.2) is 23.1 Å². The van der Waals surface area contributed by atoms with Crippen molar-refractivity contribution in [1.29, 1.82) is 0 Å². The van der Waals surface area contributed by atoms with Crippen molar-refractivity contribution >= 4 is 21.6 Å². The number of benzene rings is 1. The van der Waals surface area contributed by atoms with Gasteiger partial charge in [0.1, 0.15) is 0 Å². The van der Waals surface area contributed by atoms with Crippen LogP contribution in [0.5, 0.6) is 0 Å². The zero-order valence-electron chi connectivity index (χ0n) is 11.9. The predicted octanol–water partition coefficient (Wildman–Crippen LogP) is 0.954. The minimum absolute atomic E-state index is 0.0386. The number of carbonyl (C=O) groups is 1. The number of primary sulfonamides is 1. The molecule has 5 N–H and O–H groups in total. The fourth-order valence-corrected chi connectivity index (χ4v) is 2.18. The molecule has 0 aromatic heterocycles. The molecule has 0 spiro atoms. The lowest BCUT2D eigenvalue weighted by Crippen LogP contribution is -2.40. The van der Waals surface area contributed by atoms with Crippen molar-refractivity contribution in [3.8, 4) is 0 Å². The molecule has 1 aromatic rings. The number of rotatable bonds is 5. The van der Waals surface area contributed by atoms with Crippen LogP contribution in [0.2, 0.25) is 0 Å². The van der Waals surface area contributed by atoms with E-state index in [1.807, 2.05) is 13.8 Å². The number of sulfonamides is 1. The van der Waals surface area contributed by atoms with Gasteiger partial charge >= 0.3 is 0 Å². The first-order valence-electron chi connectivity index (χ1n) is 6.36. The molecule has 1 rings (SSSR count). The molecule has 0 aliphatic heterocycles. The highest BCUT2D eigenvalue weighted by atomic mass is 32.2. The minimum Gasteiger partial charge on any atom is -0.324 e. The lowest BCUT2D eigenvalue weighted by atomic mass is 9.99. The van der Waals surface area contributed by atoms with Gasteiger partial charge in [-0.1, -0.05) is 26.3 Å². The van der Waals surface area contributed by atoms with Gasteiger partial charge in [0.25, 0.3) is 0 Å². The molecule has 0 saturated heterocycles. The lowest BCUT2D eigenvalue weighted by Gasteiger charge is -2.18. The van der Waals surface area contributed by atoms with Gasteiger partial charge in [0.05, 0.1) is 10.9 Å². The topological polar surface area (TPSA) is 115 Å². The Bertz CT molecular complexity index is 599. The Morgan fingerprint density at radius 1 is 1.40 bits per heavy atom. The first kappa shape index (κ1) is 16.6. The summed E-state index contributed by atoms with van der Waals surface area (Å²) >= 11 is 0. The SMILES string of the molecule is CCC(C)C(N)C(=O)Nc1cc(S(N)(=O)=O)ccc1C. The van der Waals surface area contributed by atoms with Gasteiger partial charge in [-0.3, -0.25) is 4.79 Å². The van der Waals surface area contributed by atoms with E-state index in [1.165, 1.54) is 12.1 Å². The molecule has 0 heterocycles. The Hall–Kier alpha value is -1.44. The van der Waals surface area contributed by atoms with E-state index in [-0.39, 0.29) is 16.7 Å². The number of carbonyl (C=O) groups excluding carboxylic acids is 1. The summed E-state index contributed by atoms with van der Waals surface area (Å²) in [5.41, 5.74) is 6.98. The maximum atomic E-state index is 12.0. The minimum atomic E-state index is -3.80. The summed E-state index contributed by atoms with van der Waals surface area (Å²) in [4.78, 5) is 12.0. The summed E-state index contributed by atoms with van der Waals surface area (Å²) in [7, 11) is -3.80. The van der Waals surface area contributed by atoms with E-state index in [1.54, 1.807) is 13.0 Å². The molecule has 0 fully saturated rings. The Morgan fingerprint density at radius 2 is 2.00 bits per heavy atom. The third-order valence-corrected chi connectivity index (χ3v) is 4.27. The number of anilines is 1. The van der Waals surface area contributed by atoms with E-state index in [9.17, 15) is 13.2 Å². The molecular weight excluding hydrogens is 278 g/mol. The Labute approximate surface area is 119 Å². The largest absolute Gasteiger partial charge is 0.324 e. The highest BCUT2D eigenvalue weighted by Gasteiger charge is 2.20. The highest BCUT2D eigenvalue weighted by molar-refractivity contribution is 7.89. The van der Waals surface area contributed by atoms with Crippen LogP contribution in [-0.2, 0) is 14.8 Å². The standard InChI is InChI=1S/C13H21N3O3S/c1-4-8(2)12(14)13(17)16-11-7-10(20(15,18)19)6-5-9(11)3/h5-8,12H,4,14H2,1-3H3,(H,16,17)(H2,15,18,19). The second-order valence-corrected chi connectivity index (χ2v) is 6.48. The zero-order chi connectivity index (χ0) is 15.5. The van der Waals surface area contributed by atoms with E-state index in [4.69, 9.17) is 10.9 Å². The molecule has 1 aromatic carbocycles. The molecule has 6 nitrogen and oxygen atoms in total. The van der Waals surface area contributed by atoms with Crippen molar-refractivity contribution < 1.29 is 13.2 Å². The maximum Gasteiger partial charge on any atom is 0.241 e. The van der Waals surface area contributed by atoms with Gasteiger partial charge in [-0.25, -0.2) is 13.6 Å². The Morgan fingerprint density at radius 3 is 2.50 bits per heavy atom. The maximum absolute atomic E-state index is 12.0. The number of amides is 1. The molecule has 0 aliphatic rings. The average Bonchev–Trinajstić information content (AvgIpc) is 2.38. The molecule has 1 amide bonds. The van der Waals surface area contributed by atoms with Gasteiger partial charge in [0, 0.05) is 5.69 Å². The smallest absolute Gasteiger partial charge is 0.241 e. The number of nitrogens with one attached hydrogen (secondary N) is 1. The first-order chi connectivity index (χ1) is 9.16. The quantitative estimate of drug-likeness (QED) is 0.750. The van der Waals surface area contributed by atoms with Crippen LogP contribution in [0.4, 0.5) is 5.69 Å². The summed E-state index contributed by atoms with van der Waals surface area (Å²) in [6.07, 6.45) is 0.783. The third-order valence-electron chi connectivity index (χ3n) is 3.36. The van der Waals surface area contributed by atoms with Crippen LogP contribution < -0.4 is 16.2 Å². The second kappa shape index (κ2) is 6.34. The zero-order valence-corrected chi connectivity index (χ0v) is 12.7. The summed E-state index contributed by atoms with van der Waals surface area (Å²) < 4.78 is 22.6. The van der Waals surface area contributed by atoms with Crippen LogP contribution >= 0.6 is 0 Å². The van der Waals surface area contributed by atoms with Gasteiger partial charge in [-0.05, 0) is 30.5 Å². The van der Waals surface area contributed by atoms with Crippen molar-refractivity contribution in [2.75, 3.05) is 5.32 Å². The van der Waals surface area contributed by atoms with Gasteiger partial charge in [0.15, 0.2) is 0 Å². The van der Waals surface area contributed by atoms with Crippen LogP contribution in [0, 0.1) is 12.8 Å². The normalized spacial score (nSPS) is 14.7. The predicted molar refractivity (Wildman–Crippen MR) is 78.6 cm³/mol. The molecule has 0 aliphatic carbocycles. The van der Waals surface area contributed by atoms with Crippen molar-refractivity contribution in [1.82, 2.24) is 0 Å². The molecule has 112 valence electrons. The molecule has 20 heavy (non-hydrogen) atoms. The van der Waals surface area contributed by atoms with E-state index in [0.717, 1.165) is 12.0 Å². The van der Waals surface area contributed by atoms with Crippen LogP contribution in [-0.4, -0.2) is 20.4 Å². The van der Waals surface area contributed by atoms with E-state index < -0.39 is 16.1 Å². The number of aryl methyl sites for hydroxylation is 1. The summed E-state index contributed by atoms with van der Waals surface area (Å²) in [6.45, 7) is 5.60. The lowest BCUT2D eigenvalue weighted by molar-refractivity contribution is -0.118. The van der Waals surface area contributed by atoms with E-state index in [2.05, 4.69) is 5.32 Å². The molecular formula is C13H21N3O3S. The van der Waals surface area contributed by atoms with Crippen LogP contribution in [0.3, 0.4) is 0 Å². The monoisotopic (exact) mass is 299 g/mol. The fraction of sp³-hybridized carbons (Fsp3) is 0.462. The Kier molecular flexibility index (Phi) is 5.27. The van der Waals surface area contributed by atoms with Crippen molar-refractivity contribution in [3.05, 3.63) is 23.8 Å².